The van der Waals surface area contributed by atoms with Crippen molar-refractivity contribution in [1.29, 1.82) is 0 Å². The summed E-state index contributed by atoms with van der Waals surface area (Å²) in [6.07, 6.45) is 3.02. The van der Waals surface area contributed by atoms with Crippen LogP contribution in [0.15, 0.2) is 42.3 Å². The number of fused-ring (bicyclic) bond motifs is 2. The first-order valence-electron chi connectivity index (χ1n) is 7.71. The van der Waals surface area contributed by atoms with E-state index < -0.39 is 0 Å². The second-order valence-corrected chi connectivity index (χ2v) is 6.27. The lowest BCUT2D eigenvalue weighted by molar-refractivity contribution is 0.415. The summed E-state index contributed by atoms with van der Waals surface area (Å²) in [6.45, 7) is 0. The molecule has 9 nitrogen and oxygen atoms in total. The highest BCUT2D eigenvalue weighted by molar-refractivity contribution is 7.15. The molecule has 0 atom stereocenters. The van der Waals surface area contributed by atoms with Crippen LogP contribution in [0.5, 0.6) is 5.75 Å². The van der Waals surface area contributed by atoms with Gasteiger partial charge in [0.15, 0.2) is 11.5 Å². The maximum absolute atomic E-state index is 5.30. The van der Waals surface area contributed by atoms with Gasteiger partial charge in [-0.25, -0.2) is 19.5 Å². The molecule has 5 rings (SSSR count). The lowest BCUT2D eigenvalue weighted by Gasteiger charge is -2.03. The van der Waals surface area contributed by atoms with Crippen LogP contribution in [0.1, 0.15) is 0 Å². The molecule has 0 aliphatic carbocycles. The summed E-state index contributed by atoms with van der Waals surface area (Å²) in [5.41, 5.74) is 3.24. The third-order valence-electron chi connectivity index (χ3n) is 3.90. The monoisotopic (exact) mass is 364 g/mol. The van der Waals surface area contributed by atoms with Gasteiger partial charge in [-0.05, 0) is 12.1 Å². The number of nitrogens with one attached hydrogen (secondary N) is 2. The Bertz CT molecular complexity index is 1220. The van der Waals surface area contributed by atoms with Crippen LogP contribution in [0.25, 0.3) is 27.4 Å². The number of hydrogen-bond acceptors (Lipinski definition) is 8. The largest absolute Gasteiger partial charge is 0.497 e. The minimum Gasteiger partial charge on any atom is -0.497 e. The fraction of sp³-hybridized carbons (Fsp3) is 0.0625. The molecule has 1 aromatic carbocycles. The van der Waals surface area contributed by atoms with Crippen molar-refractivity contribution < 1.29 is 4.74 Å². The van der Waals surface area contributed by atoms with Crippen molar-refractivity contribution in [3.05, 3.63) is 42.3 Å². The van der Waals surface area contributed by atoms with Gasteiger partial charge in [0.05, 0.1) is 19.1 Å². The molecule has 4 aromatic heterocycles. The fourth-order valence-electron chi connectivity index (χ4n) is 2.68. The second-order valence-electron chi connectivity index (χ2n) is 5.43. The lowest BCUT2D eigenvalue weighted by Crippen LogP contribution is -1.98. The van der Waals surface area contributed by atoms with E-state index >= 15 is 0 Å². The number of ether oxygens (including phenoxy) is 1. The molecule has 0 spiro atoms. The highest BCUT2D eigenvalue weighted by Crippen LogP contribution is 2.29. The van der Waals surface area contributed by atoms with Gasteiger partial charge in [0.2, 0.25) is 10.9 Å². The minimum absolute atomic E-state index is 0.454. The van der Waals surface area contributed by atoms with Crippen molar-refractivity contribution in [2.45, 2.75) is 0 Å². The Morgan fingerprint density at radius 1 is 1.23 bits per heavy atom. The van der Waals surface area contributed by atoms with Crippen molar-refractivity contribution in [2.75, 3.05) is 12.4 Å². The number of nitrogens with zero attached hydrogens (tertiary/aromatic N) is 6. The number of benzene rings is 1. The molecule has 4 heterocycles. The van der Waals surface area contributed by atoms with E-state index in [1.165, 1.54) is 17.7 Å². The molecule has 10 heteroatoms. The summed E-state index contributed by atoms with van der Waals surface area (Å²) in [6, 6.07) is 7.84. The summed E-state index contributed by atoms with van der Waals surface area (Å²) in [4.78, 5) is 20.8. The summed E-state index contributed by atoms with van der Waals surface area (Å²) in [7, 11) is 1.65. The molecular formula is C16H12N8OS. The van der Waals surface area contributed by atoms with Crippen LogP contribution in [0, 0.1) is 0 Å². The Labute approximate surface area is 150 Å². The van der Waals surface area contributed by atoms with Gasteiger partial charge < -0.3 is 15.0 Å². The van der Waals surface area contributed by atoms with E-state index in [-0.39, 0.29) is 0 Å². The highest BCUT2D eigenvalue weighted by Gasteiger charge is 2.14. The average molecular weight is 364 g/mol. The molecule has 0 aliphatic heterocycles. The van der Waals surface area contributed by atoms with Crippen LogP contribution in [0.2, 0.25) is 0 Å². The molecule has 0 bridgehead atoms. The van der Waals surface area contributed by atoms with Gasteiger partial charge in [0, 0.05) is 10.9 Å². The number of thiazole rings is 1. The van der Waals surface area contributed by atoms with Gasteiger partial charge in [-0.1, -0.05) is 12.1 Å². The van der Waals surface area contributed by atoms with E-state index in [0.717, 1.165) is 22.0 Å². The first-order chi connectivity index (χ1) is 12.8. The smallest absolute Gasteiger partial charge is 0.249 e. The van der Waals surface area contributed by atoms with Gasteiger partial charge in [-0.3, -0.25) is 0 Å². The van der Waals surface area contributed by atoms with E-state index in [1.807, 2.05) is 29.6 Å². The molecular weight excluding hydrogens is 352 g/mol. The van der Waals surface area contributed by atoms with E-state index in [4.69, 9.17) is 4.74 Å². The quantitative estimate of drug-likeness (QED) is 0.505. The maximum Gasteiger partial charge on any atom is 0.249 e. The molecule has 26 heavy (non-hydrogen) atoms. The standard InChI is InChI=1S/C16H12N8OS/c1-25-10-4-2-3-9(5-10)11-6-26-16-22-15(23-24(11)16)21-14-12-13(18-7-17-12)19-8-20-14/h2-8H,1H3,(H2,17,18,19,20,21,23). The number of aromatic nitrogens is 7. The molecule has 0 amide bonds. The van der Waals surface area contributed by atoms with Crippen molar-refractivity contribution in [2.24, 2.45) is 0 Å². The van der Waals surface area contributed by atoms with Crippen LogP contribution in [-0.2, 0) is 0 Å². The minimum atomic E-state index is 0.454. The fourth-order valence-corrected chi connectivity index (χ4v) is 3.51. The Morgan fingerprint density at radius 2 is 2.19 bits per heavy atom. The topological polar surface area (TPSA) is 106 Å². The van der Waals surface area contributed by atoms with Crippen LogP contribution in [0.3, 0.4) is 0 Å². The van der Waals surface area contributed by atoms with Crippen LogP contribution < -0.4 is 10.1 Å². The molecule has 0 fully saturated rings. The summed E-state index contributed by atoms with van der Waals surface area (Å²) >= 11 is 1.51. The number of anilines is 2. The molecule has 0 saturated heterocycles. The molecule has 2 N–H and O–H groups in total. The van der Waals surface area contributed by atoms with Crippen LogP contribution in [0.4, 0.5) is 11.8 Å². The Kier molecular flexibility index (Phi) is 3.28. The molecule has 128 valence electrons. The Balaban J connectivity index is 1.55. The number of rotatable bonds is 4. The van der Waals surface area contributed by atoms with Crippen molar-refractivity contribution in [3.8, 4) is 17.0 Å². The first-order valence-corrected chi connectivity index (χ1v) is 8.59. The SMILES string of the molecule is COc1cccc(-c2csc3nc(Nc4ncnc5nc[nH]c45)nn23)c1. The molecule has 0 aliphatic rings. The van der Waals surface area contributed by atoms with Crippen molar-refractivity contribution in [1.82, 2.24) is 34.5 Å². The van der Waals surface area contributed by atoms with Gasteiger partial charge >= 0.3 is 0 Å². The average Bonchev–Trinajstić information content (AvgIpc) is 3.37. The van der Waals surface area contributed by atoms with Gasteiger partial charge in [0.1, 0.15) is 17.6 Å². The predicted molar refractivity (Wildman–Crippen MR) is 97.8 cm³/mol. The Morgan fingerprint density at radius 3 is 3.12 bits per heavy atom. The maximum atomic E-state index is 5.30. The normalized spacial score (nSPS) is 11.3. The van der Waals surface area contributed by atoms with E-state index in [0.29, 0.717) is 22.9 Å². The molecule has 0 unspecified atom stereocenters. The van der Waals surface area contributed by atoms with Gasteiger partial charge in [0.25, 0.3) is 0 Å². The molecule has 0 radical (unpaired) electrons. The molecule has 5 aromatic rings. The third kappa shape index (κ3) is 2.35. The number of H-pyrrole nitrogens is 1. The van der Waals surface area contributed by atoms with Crippen LogP contribution in [-0.4, -0.2) is 41.6 Å². The lowest BCUT2D eigenvalue weighted by atomic mass is 10.2. The first kappa shape index (κ1) is 14.8. The van der Waals surface area contributed by atoms with E-state index in [1.54, 1.807) is 18.0 Å². The van der Waals surface area contributed by atoms with E-state index in [9.17, 15) is 0 Å². The zero-order valence-electron chi connectivity index (χ0n) is 13.5. The second kappa shape index (κ2) is 5.77. The number of methoxy groups -OCH3 is 1. The molecule has 0 saturated carbocycles. The van der Waals surface area contributed by atoms with Gasteiger partial charge in [-0.15, -0.1) is 16.4 Å². The predicted octanol–water partition coefficient (Wildman–Crippen LogP) is 2.88. The number of imidazole rings is 1. The summed E-state index contributed by atoms with van der Waals surface area (Å²) in [5.74, 6) is 1.83. The Hall–Kier alpha value is -3.53. The van der Waals surface area contributed by atoms with Crippen molar-refractivity contribution >= 4 is 39.2 Å². The van der Waals surface area contributed by atoms with Crippen LogP contribution >= 0.6 is 11.3 Å². The summed E-state index contributed by atoms with van der Waals surface area (Å²) in [5, 5.41) is 9.71. The van der Waals surface area contributed by atoms with Crippen molar-refractivity contribution in [3.63, 3.8) is 0 Å². The zero-order chi connectivity index (χ0) is 17.5. The van der Waals surface area contributed by atoms with Gasteiger partial charge in [-0.2, -0.15) is 4.98 Å². The number of hydrogen-bond donors (Lipinski definition) is 2. The zero-order valence-corrected chi connectivity index (χ0v) is 14.4. The van der Waals surface area contributed by atoms with E-state index in [2.05, 4.69) is 35.3 Å². The number of aromatic amines is 1. The highest BCUT2D eigenvalue weighted by atomic mass is 32.1. The third-order valence-corrected chi connectivity index (χ3v) is 4.72. The summed E-state index contributed by atoms with van der Waals surface area (Å²) < 4.78 is 7.10.